The van der Waals surface area contributed by atoms with Crippen molar-refractivity contribution in [1.82, 2.24) is 0 Å². The first kappa shape index (κ1) is 13.1. The summed E-state index contributed by atoms with van der Waals surface area (Å²) in [5.74, 6) is -0.425. The number of hydrogen-bond acceptors (Lipinski definition) is 3. The SMILES string of the molecule is NC(Cc1cccc(C2CCOCC2)c1)C(=O)O. The molecule has 0 aliphatic carbocycles. The molecule has 0 bridgehead atoms. The van der Waals surface area contributed by atoms with Crippen LogP contribution in [0.1, 0.15) is 29.9 Å². The first-order valence-electron chi connectivity index (χ1n) is 6.32. The van der Waals surface area contributed by atoms with E-state index in [9.17, 15) is 4.79 Å². The van der Waals surface area contributed by atoms with Crippen molar-refractivity contribution in [2.24, 2.45) is 5.73 Å². The van der Waals surface area contributed by atoms with Gasteiger partial charge < -0.3 is 15.6 Å². The molecule has 3 N–H and O–H groups in total. The Hall–Kier alpha value is -1.39. The van der Waals surface area contributed by atoms with Gasteiger partial charge >= 0.3 is 5.97 Å². The number of rotatable bonds is 4. The number of carbonyl (C=O) groups is 1. The van der Waals surface area contributed by atoms with Crippen LogP contribution in [0.2, 0.25) is 0 Å². The Kier molecular flexibility index (Phi) is 4.33. The van der Waals surface area contributed by atoms with Crippen LogP contribution in [0.3, 0.4) is 0 Å². The molecule has 1 unspecified atom stereocenters. The minimum atomic E-state index is -0.952. The van der Waals surface area contributed by atoms with Gasteiger partial charge in [-0.25, -0.2) is 0 Å². The molecule has 1 saturated heterocycles. The number of aliphatic carboxylic acids is 1. The number of carboxylic acids is 1. The second-order valence-corrected chi connectivity index (χ2v) is 4.78. The average molecular weight is 249 g/mol. The molecule has 18 heavy (non-hydrogen) atoms. The van der Waals surface area contributed by atoms with Crippen molar-refractivity contribution in [3.8, 4) is 0 Å². The smallest absolute Gasteiger partial charge is 0.320 e. The van der Waals surface area contributed by atoms with Crippen LogP contribution in [0.15, 0.2) is 24.3 Å². The quantitative estimate of drug-likeness (QED) is 0.849. The molecule has 0 spiro atoms. The Bertz CT molecular complexity index is 413. The lowest BCUT2D eigenvalue weighted by molar-refractivity contribution is -0.138. The van der Waals surface area contributed by atoms with Gasteiger partial charge in [-0.15, -0.1) is 0 Å². The largest absolute Gasteiger partial charge is 0.480 e. The summed E-state index contributed by atoms with van der Waals surface area (Å²) in [6, 6.07) is 7.28. The number of benzene rings is 1. The lowest BCUT2D eigenvalue weighted by Crippen LogP contribution is -2.32. The summed E-state index contributed by atoms with van der Waals surface area (Å²) < 4.78 is 5.35. The van der Waals surface area contributed by atoms with Gasteiger partial charge in [-0.05, 0) is 36.3 Å². The number of hydrogen-bond donors (Lipinski definition) is 2. The molecule has 1 aliphatic heterocycles. The molecule has 0 saturated carbocycles. The van der Waals surface area contributed by atoms with E-state index in [1.165, 1.54) is 5.56 Å². The van der Waals surface area contributed by atoms with E-state index in [-0.39, 0.29) is 0 Å². The summed E-state index contributed by atoms with van der Waals surface area (Å²) in [5, 5.41) is 8.82. The fourth-order valence-corrected chi connectivity index (χ4v) is 2.35. The molecule has 1 fully saturated rings. The predicted molar refractivity (Wildman–Crippen MR) is 68.6 cm³/mol. The van der Waals surface area contributed by atoms with Crippen LogP contribution < -0.4 is 5.73 Å². The first-order chi connectivity index (χ1) is 8.66. The van der Waals surface area contributed by atoms with Crippen LogP contribution in [0.5, 0.6) is 0 Å². The van der Waals surface area contributed by atoms with E-state index < -0.39 is 12.0 Å². The highest BCUT2D eigenvalue weighted by molar-refractivity contribution is 5.73. The van der Waals surface area contributed by atoms with Gasteiger partial charge in [-0.3, -0.25) is 4.79 Å². The van der Waals surface area contributed by atoms with E-state index in [0.717, 1.165) is 31.6 Å². The van der Waals surface area contributed by atoms with E-state index >= 15 is 0 Å². The van der Waals surface area contributed by atoms with Crippen LogP contribution in [0, 0.1) is 0 Å². The Morgan fingerprint density at radius 2 is 2.17 bits per heavy atom. The molecule has 0 radical (unpaired) electrons. The molecule has 4 heteroatoms. The second kappa shape index (κ2) is 5.98. The van der Waals surface area contributed by atoms with Crippen molar-refractivity contribution >= 4 is 5.97 Å². The van der Waals surface area contributed by atoms with Crippen molar-refractivity contribution in [3.05, 3.63) is 35.4 Å². The molecule has 0 amide bonds. The molecular weight excluding hydrogens is 230 g/mol. The lowest BCUT2D eigenvalue weighted by atomic mass is 9.90. The van der Waals surface area contributed by atoms with E-state index in [2.05, 4.69) is 12.1 Å². The summed E-state index contributed by atoms with van der Waals surface area (Å²) in [6.45, 7) is 1.62. The lowest BCUT2D eigenvalue weighted by Gasteiger charge is -2.23. The van der Waals surface area contributed by atoms with E-state index in [1.807, 2.05) is 12.1 Å². The van der Waals surface area contributed by atoms with Gasteiger partial charge in [0.25, 0.3) is 0 Å². The molecule has 1 aromatic rings. The van der Waals surface area contributed by atoms with Gasteiger partial charge in [0, 0.05) is 13.2 Å². The Morgan fingerprint density at radius 3 is 2.83 bits per heavy atom. The average Bonchev–Trinajstić information content (AvgIpc) is 2.40. The molecule has 4 nitrogen and oxygen atoms in total. The fraction of sp³-hybridized carbons (Fsp3) is 0.500. The van der Waals surface area contributed by atoms with Gasteiger partial charge in [-0.2, -0.15) is 0 Å². The minimum Gasteiger partial charge on any atom is -0.480 e. The van der Waals surface area contributed by atoms with E-state index in [1.54, 1.807) is 0 Å². The van der Waals surface area contributed by atoms with E-state index in [0.29, 0.717) is 12.3 Å². The molecule has 1 heterocycles. The van der Waals surface area contributed by atoms with Gasteiger partial charge in [0.05, 0.1) is 0 Å². The van der Waals surface area contributed by atoms with Crippen molar-refractivity contribution in [1.29, 1.82) is 0 Å². The second-order valence-electron chi connectivity index (χ2n) is 4.78. The maximum absolute atomic E-state index is 10.7. The topological polar surface area (TPSA) is 72.5 Å². The van der Waals surface area contributed by atoms with Gasteiger partial charge in [0.2, 0.25) is 0 Å². The summed E-state index contributed by atoms with van der Waals surface area (Å²) in [4.78, 5) is 10.7. The van der Waals surface area contributed by atoms with Crippen LogP contribution in [-0.4, -0.2) is 30.3 Å². The molecule has 1 aliphatic rings. The fourth-order valence-electron chi connectivity index (χ4n) is 2.35. The summed E-state index contributed by atoms with van der Waals surface area (Å²) >= 11 is 0. The predicted octanol–water partition coefficient (Wildman–Crippen LogP) is 1.54. The summed E-state index contributed by atoms with van der Waals surface area (Å²) in [6.07, 6.45) is 2.45. The van der Waals surface area contributed by atoms with E-state index in [4.69, 9.17) is 15.6 Å². The third-order valence-corrected chi connectivity index (χ3v) is 3.42. The molecule has 1 atom stereocenters. The number of carboxylic acid groups (broad SMARTS) is 1. The highest BCUT2D eigenvalue weighted by atomic mass is 16.5. The van der Waals surface area contributed by atoms with Crippen molar-refractivity contribution < 1.29 is 14.6 Å². The van der Waals surface area contributed by atoms with Gasteiger partial charge in [0.1, 0.15) is 6.04 Å². The Labute approximate surface area is 107 Å². The standard InChI is InChI=1S/C14H19NO3/c15-13(14(16)17)9-10-2-1-3-12(8-10)11-4-6-18-7-5-11/h1-3,8,11,13H,4-7,9,15H2,(H,16,17). The monoisotopic (exact) mass is 249 g/mol. The summed E-state index contributed by atoms with van der Waals surface area (Å²) in [7, 11) is 0. The van der Waals surface area contributed by atoms with Crippen LogP contribution in [0.25, 0.3) is 0 Å². The van der Waals surface area contributed by atoms with Crippen LogP contribution in [0.4, 0.5) is 0 Å². The third-order valence-electron chi connectivity index (χ3n) is 3.42. The van der Waals surface area contributed by atoms with Gasteiger partial charge in [0.15, 0.2) is 0 Å². The number of nitrogens with two attached hydrogens (primary N) is 1. The zero-order chi connectivity index (χ0) is 13.0. The van der Waals surface area contributed by atoms with Gasteiger partial charge in [-0.1, -0.05) is 24.3 Å². The van der Waals surface area contributed by atoms with Crippen molar-refractivity contribution in [2.45, 2.75) is 31.2 Å². The molecule has 0 aromatic heterocycles. The normalized spacial score (nSPS) is 18.5. The molecule has 98 valence electrons. The molecular formula is C14H19NO3. The Morgan fingerprint density at radius 1 is 1.44 bits per heavy atom. The first-order valence-corrected chi connectivity index (χ1v) is 6.32. The number of ether oxygens (including phenoxy) is 1. The third kappa shape index (κ3) is 3.31. The van der Waals surface area contributed by atoms with Crippen LogP contribution in [-0.2, 0) is 16.0 Å². The van der Waals surface area contributed by atoms with Crippen molar-refractivity contribution in [3.63, 3.8) is 0 Å². The molecule has 2 rings (SSSR count). The van der Waals surface area contributed by atoms with Crippen LogP contribution >= 0.6 is 0 Å². The zero-order valence-corrected chi connectivity index (χ0v) is 10.3. The molecule has 1 aromatic carbocycles. The Balaban J connectivity index is 2.06. The minimum absolute atomic E-state index is 0.381. The summed E-state index contributed by atoms with van der Waals surface area (Å²) in [5.41, 5.74) is 7.82. The maximum Gasteiger partial charge on any atom is 0.320 e. The zero-order valence-electron chi connectivity index (χ0n) is 10.3. The maximum atomic E-state index is 10.7. The van der Waals surface area contributed by atoms with Crippen molar-refractivity contribution in [2.75, 3.05) is 13.2 Å². The highest BCUT2D eigenvalue weighted by Crippen LogP contribution is 2.27. The highest BCUT2D eigenvalue weighted by Gasteiger charge is 2.17.